The summed E-state index contributed by atoms with van der Waals surface area (Å²) < 4.78 is 0. The minimum atomic E-state index is -1.01. The molecular weight excluding hydrogens is 268 g/mol. The van der Waals surface area contributed by atoms with E-state index in [1.54, 1.807) is 0 Å². The van der Waals surface area contributed by atoms with Crippen LogP contribution in [0.15, 0.2) is 36.5 Å². The molecule has 0 unspecified atom stereocenters. The van der Waals surface area contributed by atoms with Crippen molar-refractivity contribution in [1.29, 1.82) is 0 Å². The molecule has 2 aromatic rings. The van der Waals surface area contributed by atoms with Crippen molar-refractivity contribution in [1.82, 2.24) is 10.3 Å². The van der Waals surface area contributed by atoms with Gasteiger partial charge >= 0.3 is 5.97 Å². The molecule has 0 aliphatic rings. The molecule has 2 N–H and O–H groups in total. The molecule has 0 saturated carbocycles. The highest BCUT2D eigenvalue weighted by Crippen LogP contribution is 2.13. The molecule has 1 aromatic heterocycles. The summed E-state index contributed by atoms with van der Waals surface area (Å²) >= 11 is 0. The van der Waals surface area contributed by atoms with Crippen molar-refractivity contribution in [2.75, 3.05) is 0 Å². The molecule has 0 fully saturated rings. The first-order chi connectivity index (χ1) is 9.99. The Labute approximate surface area is 122 Å². The normalized spacial score (nSPS) is 10.2. The lowest BCUT2D eigenvalue weighted by atomic mass is 10.0. The van der Waals surface area contributed by atoms with E-state index in [2.05, 4.69) is 10.3 Å². The van der Waals surface area contributed by atoms with Crippen LogP contribution in [0.25, 0.3) is 0 Å². The van der Waals surface area contributed by atoms with Gasteiger partial charge in [-0.2, -0.15) is 0 Å². The SMILES string of the molecule is Cc1cccc(C)c1C(=O)NCc1cc(C(=O)O)ccn1. The molecule has 0 aliphatic carbocycles. The van der Waals surface area contributed by atoms with Gasteiger partial charge in [0.15, 0.2) is 0 Å². The molecule has 0 saturated heterocycles. The number of carbonyl (C=O) groups is 2. The molecule has 0 aliphatic heterocycles. The van der Waals surface area contributed by atoms with E-state index in [4.69, 9.17) is 5.11 Å². The molecule has 1 heterocycles. The van der Waals surface area contributed by atoms with Crippen molar-refractivity contribution in [3.05, 3.63) is 64.5 Å². The number of carboxylic acids is 1. The van der Waals surface area contributed by atoms with E-state index in [0.717, 1.165) is 11.1 Å². The second kappa shape index (κ2) is 6.17. The summed E-state index contributed by atoms with van der Waals surface area (Å²) in [6.45, 7) is 3.95. The molecular formula is C16H16N2O3. The summed E-state index contributed by atoms with van der Waals surface area (Å²) in [5, 5.41) is 11.7. The Balaban J connectivity index is 2.11. The Morgan fingerprint density at radius 1 is 1.19 bits per heavy atom. The van der Waals surface area contributed by atoms with E-state index in [0.29, 0.717) is 11.3 Å². The lowest BCUT2D eigenvalue weighted by Crippen LogP contribution is -2.25. The standard InChI is InChI=1S/C16H16N2O3/c1-10-4-3-5-11(2)14(10)15(19)18-9-13-8-12(16(20)21)6-7-17-13/h3-8H,9H2,1-2H3,(H,18,19)(H,20,21). The first-order valence-electron chi connectivity index (χ1n) is 6.51. The third-order valence-electron chi connectivity index (χ3n) is 3.20. The van der Waals surface area contributed by atoms with Crippen molar-refractivity contribution in [2.45, 2.75) is 20.4 Å². The van der Waals surface area contributed by atoms with Gasteiger partial charge in [-0.25, -0.2) is 4.79 Å². The van der Waals surface area contributed by atoms with Gasteiger partial charge in [0.25, 0.3) is 5.91 Å². The number of aryl methyl sites for hydroxylation is 2. The number of hydrogen-bond acceptors (Lipinski definition) is 3. The zero-order chi connectivity index (χ0) is 15.4. The monoisotopic (exact) mass is 284 g/mol. The lowest BCUT2D eigenvalue weighted by Gasteiger charge is -2.10. The number of nitrogens with zero attached hydrogens (tertiary/aromatic N) is 1. The molecule has 2 rings (SSSR count). The smallest absolute Gasteiger partial charge is 0.335 e. The zero-order valence-electron chi connectivity index (χ0n) is 11.9. The maximum absolute atomic E-state index is 12.2. The molecule has 1 amide bonds. The number of carbonyl (C=O) groups excluding carboxylic acids is 1. The Kier molecular flexibility index (Phi) is 4.33. The minimum Gasteiger partial charge on any atom is -0.478 e. The Bertz CT molecular complexity index is 675. The topological polar surface area (TPSA) is 79.3 Å². The fraction of sp³-hybridized carbons (Fsp3) is 0.188. The van der Waals surface area contributed by atoms with Gasteiger partial charge in [-0.1, -0.05) is 18.2 Å². The Morgan fingerprint density at radius 3 is 2.48 bits per heavy atom. The highest BCUT2D eigenvalue weighted by atomic mass is 16.4. The summed E-state index contributed by atoms with van der Waals surface area (Å²) in [7, 11) is 0. The summed E-state index contributed by atoms with van der Waals surface area (Å²) in [6.07, 6.45) is 1.42. The van der Waals surface area contributed by atoms with Crippen molar-refractivity contribution in [2.24, 2.45) is 0 Å². The van der Waals surface area contributed by atoms with Crippen molar-refractivity contribution >= 4 is 11.9 Å². The number of amides is 1. The van der Waals surface area contributed by atoms with Gasteiger partial charge in [-0.05, 0) is 37.1 Å². The molecule has 5 heteroatoms. The fourth-order valence-corrected chi connectivity index (χ4v) is 2.14. The minimum absolute atomic E-state index is 0.154. The van der Waals surface area contributed by atoms with Crippen molar-refractivity contribution in [3.8, 4) is 0 Å². The largest absolute Gasteiger partial charge is 0.478 e. The maximum Gasteiger partial charge on any atom is 0.335 e. The molecule has 1 aromatic carbocycles. The highest BCUT2D eigenvalue weighted by Gasteiger charge is 2.12. The molecule has 0 radical (unpaired) electrons. The highest BCUT2D eigenvalue weighted by molar-refractivity contribution is 5.97. The van der Waals surface area contributed by atoms with Crippen LogP contribution in [-0.4, -0.2) is 22.0 Å². The van der Waals surface area contributed by atoms with Crippen LogP contribution >= 0.6 is 0 Å². The summed E-state index contributed by atoms with van der Waals surface area (Å²) in [4.78, 5) is 27.2. The molecule has 108 valence electrons. The van der Waals surface area contributed by atoms with Crippen LogP contribution in [0.3, 0.4) is 0 Å². The average Bonchev–Trinajstić information content (AvgIpc) is 2.45. The van der Waals surface area contributed by atoms with Crippen LogP contribution in [0.5, 0.6) is 0 Å². The number of pyridine rings is 1. The quantitative estimate of drug-likeness (QED) is 0.903. The summed E-state index contributed by atoms with van der Waals surface area (Å²) in [5.74, 6) is -1.20. The number of hydrogen-bond donors (Lipinski definition) is 2. The van der Waals surface area contributed by atoms with E-state index in [1.165, 1.54) is 18.3 Å². The van der Waals surface area contributed by atoms with Crippen LogP contribution in [-0.2, 0) is 6.54 Å². The van der Waals surface area contributed by atoms with E-state index < -0.39 is 5.97 Å². The third kappa shape index (κ3) is 3.45. The van der Waals surface area contributed by atoms with Crippen LogP contribution in [0.4, 0.5) is 0 Å². The fourth-order valence-electron chi connectivity index (χ4n) is 2.14. The predicted molar refractivity (Wildman–Crippen MR) is 78.3 cm³/mol. The second-order valence-corrected chi connectivity index (χ2v) is 4.79. The van der Waals surface area contributed by atoms with E-state index in [-0.39, 0.29) is 18.0 Å². The number of benzene rings is 1. The molecule has 0 spiro atoms. The zero-order valence-corrected chi connectivity index (χ0v) is 11.9. The molecule has 21 heavy (non-hydrogen) atoms. The van der Waals surface area contributed by atoms with Crippen LogP contribution in [0, 0.1) is 13.8 Å². The summed E-state index contributed by atoms with van der Waals surface area (Å²) in [6, 6.07) is 8.53. The number of aromatic carboxylic acids is 1. The number of carboxylic acid groups (broad SMARTS) is 1. The van der Waals surface area contributed by atoms with E-state index in [9.17, 15) is 9.59 Å². The Hall–Kier alpha value is -2.69. The third-order valence-corrected chi connectivity index (χ3v) is 3.20. The average molecular weight is 284 g/mol. The first-order valence-corrected chi connectivity index (χ1v) is 6.51. The van der Waals surface area contributed by atoms with Crippen LogP contribution in [0.2, 0.25) is 0 Å². The lowest BCUT2D eigenvalue weighted by molar-refractivity contribution is 0.0696. The van der Waals surface area contributed by atoms with Gasteiger partial charge < -0.3 is 10.4 Å². The number of aromatic nitrogens is 1. The van der Waals surface area contributed by atoms with E-state index >= 15 is 0 Å². The van der Waals surface area contributed by atoms with Gasteiger partial charge in [-0.3, -0.25) is 9.78 Å². The molecule has 0 bridgehead atoms. The van der Waals surface area contributed by atoms with Gasteiger partial charge in [0.1, 0.15) is 0 Å². The van der Waals surface area contributed by atoms with Crippen molar-refractivity contribution in [3.63, 3.8) is 0 Å². The first kappa shape index (κ1) is 14.7. The summed E-state index contributed by atoms with van der Waals surface area (Å²) in [5.41, 5.74) is 3.11. The second-order valence-electron chi connectivity index (χ2n) is 4.79. The van der Waals surface area contributed by atoms with Crippen molar-refractivity contribution < 1.29 is 14.7 Å². The number of nitrogens with one attached hydrogen (secondary N) is 1. The van der Waals surface area contributed by atoms with Gasteiger partial charge in [0.05, 0.1) is 17.8 Å². The van der Waals surface area contributed by atoms with Gasteiger partial charge in [0, 0.05) is 11.8 Å². The van der Waals surface area contributed by atoms with E-state index in [1.807, 2.05) is 32.0 Å². The number of rotatable bonds is 4. The Morgan fingerprint density at radius 2 is 1.86 bits per heavy atom. The van der Waals surface area contributed by atoms with Crippen LogP contribution in [0.1, 0.15) is 37.5 Å². The maximum atomic E-state index is 12.2. The van der Waals surface area contributed by atoms with Crippen LogP contribution < -0.4 is 5.32 Å². The molecule has 5 nitrogen and oxygen atoms in total. The predicted octanol–water partition coefficient (Wildman–Crippen LogP) is 2.33. The van der Waals surface area contributed by atoms with Gasteiger partial charge in [-0.15, -0.1) is 0 Å². The molecule has 0 atom stereocenters. The van der Waals surface area contributed by atoms with Gasteiger partial charge in [0.2, 0.25) is 0 Å².